The molecule has 1 saturated carbocycles. The molecule has 2 fully saturated rings. The molecule has 1 unspecified atom stereocenters. The SMILES string of the molecule is CN=C(NCCc1ccc(OC)cc1Cl)NCC1CCN(C2CC2)C1. The van der Waals surface area contributed by atoms with Crippen LogP contribution in [0.5, 0.6) is 5.75 Å². The van der Waals surface area contributed by atoms with Crippen LogP contribution in [0.3, 0.4) is 0 Å². The predicted octanol–water partition coefficient (Wildman–Crippen LogP) is 2.54. The van der Waals surface area contributed by atoms with E-state index in [0.717, 1.165) is 53.8 Å². The Morgan fingerprint density at radius 1 is 1.32 bits per heavy atom. The number of nitrogens with zero attached hydrogens (tertiary/aromatic N) is 2. The maximum absolute atomic E-state index is 6.29. The fourth-order valence-corrected chi connectivity index (χ4v) is 3.70. The van der Waals surface area contributed by atoms with E-state index in [1.54, 1.807) is 7.11 Å². The van der Waals surface area contributed by atoms with Crippen LogP contribution in [-0.2, 0) is 6.42 Å². The van der Waals surface area contributed by atoms with E-state index in [9.17, 15) is 0 Å². The van der Waals surface area contributed by atoms with Crippen molar-refractivity contribution < 1.29 is 4.74 Å². The highest BCUT2D eigenvalue weighted by Gasteiger charge is 2.34. The number of benzene rings is 1. The number of halogens is 1. The topological polar surface area (TPSA) is 48.9 Å². The molecule has 0 spiro atoms. The Morgan fingerprint density at radius 2 is 2.16 bits per heavy atom. The number of guanidine groups is 1. The van der Waals surface area contributed by atoms with Gasteiger partial charge < -0.3 is 20.3 Å². The summed E-state index contributed by atoms with van der Waals surface area (Å²) in [4.78, 5) is 6.97. The first-order valence-electron chi connectivity index (χ1n) is 9.20. The van der Waals surface area contributed by atoms with Crippen molar-refractivity contribution in [1.29, 1.82) is 0 Å². The Kier molecular flexibility index (Phi) is 6.43. The van der Waals surface area contributed by atoms with Crippen LogP contribution >= 0.6 is 11.6 Å². The van der Waals surface area contributed by atoms with Crippen molar-refractivity contribution in [3.63, 3.8) is 0 Å². The first kappa shape index (κ1) is 18.3. The Bertz CT molecular complexity index is 603. The highest BCUT2D eigenvalue weighted by molar-refractivity contribution is 6.31. The van der Waals surface area contributed by atoms with Gasteiger partial charge in [0.2, 0.25) is 0 Å². The van der Waals surface area contributed by atoms with Crippen LogP contribution in [0.4, 0.5) is 0 Å². The van der Waals surface area contributed by atoms with Crippen molar-refractivity contribution in [3.05, 3.63) is 28.8 Å². The number of nitrogens with one attached hydrogen (secondary N) is 2. The van der Waals surface area contributed by atoms with Gasteiger partial charge in [-0.1, -0.05) is 17.7 Å². The first-order chi connectivity index (χ1) is 12.2. The molecule has 0 aromatic heterocycles. The van der Waals surface area contributed by atoms with Crippen molar-refractivity contribution in [1.82, 2.24) is 15.5 Å². The molecule has 1 aliphatic heterocycles. The molecule has 25 heavy (non-hydrogen) atoms. The standard InChI is InChI=1S/C19H29ClN4O/c1-21-19(23-12-14-8-10-24(13-14)16-4-5-16)22-9-7-15-3-6-17(25-2)11-18(15)20/h3,6,11,14,16H,4-5,7-10,12-13H2,1-2H3,(H2,21,22,23). The lowest BCUT2D eigenvalue weighted by Crippen LogP contribution is -2.41. The highest BCUT2D eigenvalue weighted by Crippen LogP contribution is 2.31. The van der Waals surface area contributed by atoms with Gasteiger partial charge in [-0.15, -0.1) is 0 Å². The lowest BCUT2D eigenvalue weighted by atomic mass is 10.1. The Morgan fingerprint density at radius 3 is 2.84 bits per heavy atom. The molecule has 2 aliphatic rings. The average molecular weight is 365 g/mol. The van der Waals surface area contributed by atoms with Crippen LogP contribution in [0.25, 0.3) is 0 Å². The van der Waals surface area contributed by atoms with E-state index in [0.29, 0.717) is 0 Å². The van der Waals surface area contributed by atoms with Gasteiger partial charge in [-0.2, -0.15) is 0 Å². The Hall–Kier alpha value is -1.46. The second kappa shape index (κ2) is 8.77. The summed E-state index contributed by atoms with van der Waals surface area (Å²) in [6.07, 6.45) is 4.94. The van der Waals surface area contributed by atoms with Gasteiger partial charge in [-0.05, 0) is 55.8 Å². The smallest absolute Gasteiger partial charge is 0.190 e. The Labute approximate surface area is 155 Å². The number of hydrogen-bond donors (Lipinski definition) is 2. The molecular formula is C19H29ClN4O. The zero-order valence-electron chi connectivity index (χ0n) is 15.2. The molecule has 3 rings (SSSR count). The van der Waals surface area contributed by atoms with Crippen molar-refractivity contribution in [2.45, 2.75) is 31.7 Å². The lowest BCUT2D eigenvalue weighted by Gasteiger charge is -2.17. The minimum Gasteiger partial charge on any atom is -0.497 e. The average Bonchev–Trinajstić information content (AvgIpc) is 3.37. The lowest BCUT2D eigenvalue weighted by molar-refractivity contribution is 0.314. The molecule has 1 saturated heterocycles. The van der Waals surface area contributed by atoms with Gasteiger partial charge in [-0.3, -0.25) is 4.99 Å². The molecule has 1 aromatic rings. The second-order valence-corrected chi connectivity index (χ2v) is 7.38. The zero-order chi connectivity index (χ0) is 17.6. The van der Waals surface area contributed by atoms with Crippen LogP contribution in [0.1, 0.15) is 24.8 Å². The van der Waals surface area contributed by atoms with Crippen molar-refractivity contribution in [2.24, 2.45) is 10.9 Å². The summed E-state index contributed by atoms with van der Waals surface area (Å²) < 4.78 is 5.18. The van der Waals surface area contributed by atoms with Gasteiger partial charge in [0.1, 0.15) is 5.75 Å². The van der Waals surface area contributed by atoms with Gasteiger partial charge >= 0.3 is 0 Å². The molecule has 1 aromatic carbocycles. The monoisotopic (exact) mass is 364 g/mol. The summed E-state index contributed by atoms with van der Waals surface area (Å²) in [5.74, 6) is 2.39. The van der Waals surface area contributed by atoms with E-state index in [1.165, 1.54) is 32.4 Å². The van der Waals surface area contributed by atoms with Gasteiger partial charge in [0.05, 0.1) is 7.11 Å². The number of rotatable bonds is 7. The zero-order valence-corrected chi connectivity index (χ0v) is 16.0. The number of hydrogen-bond acceptors (Lipinski definition) is 3. The van der Waals surface area contributed by atoms with Gasteiger partial charge in [-0.25, -0.2) is 0 Å². The normalized spacial score (nSPS) is 21.4. The minimum atomic E-state index is 0.732. The van der Waals surface area contributed by atoms with E-state index in [-0.39, 0.29) is 0 Å². The minimum absolute atomic E-state index is 0.732. The van der Waals surface area contributed by atoms with Crippen LogP contribution < -0.4 is 15.4 Å². The maximum atomic E-state index is 6.29. The van der Waals surface area contributed by atoms with Gasteiger partial charge in [0.15, 0.2) is 5.96 Å². The molecule has 138 valence electrons. The molecule has 1 heterocycles. The molecular weight excluding hydrogens is 336 g/mol. The fourth-order valence-electron chi connectivity index (χ4n) is 3.44. The third-order valence-electron chi connectivity index (χ3n) is 5.11. The fraction of sp³-hybridized carbons (Fsp3) is 0.632. The van der Waals surface area contributed by atoms with Crippen molar-refractivity contribution in [2.75, 3.05) is 40.3 Å². The molecule has 1 aliphatic carbocycles. The summed E-state index contributed by atoms with van der Waals surface area (Å²) >= 11 is 6.29. The van der Waals surface area contributed by atoms with E-state index in [1.807, 2.05) is 25.2 Å². The summed E-state index contributed by atoms with van der Waals surface area (Å²) in [5.41, 5.74) is 1.11. The number of likely N-dealkylation sites (tertiary alicyclic amines) is 1. The van der Waals surface area contributed by atoms with E-state index >= 15 is 0 Å². The first-order valence-corrected chi connectivity index (χ1v) is 9.58. The molecule has 5 nitrogen and oxygen atoms in total. The summed E-state index contributed by atoms with van der Waals surface area (Å²) in [6, 6.07) is 6.70. The van der Waals surface area contributed by atoms with Crippen LogP contribution in [0.2, 0.25) is 5.02 Å². The quantitative estimate of drug-likeness (QED) is 0.576. The van der Waals surface area contributed by atoms with Crippen LogP contribution in [-0.4, -0.2) is 57.2 Å². The molecule has 1 atom stereocenters. The molecule has 0 bridgehead atoms. The number of ether oxygens (including phenoxy) is 1. The van der Waals surface area contributed by atoms with Gasteiger partial charge in [0, 0.05) is 37.7 Å². The number of aliphatic imine (C=N–C) groups is 1. The van der Waals surface area contributed by atoms with Crippen LogP contribution in [0.15, 0.2) is 23.2 Å². The van der Waals surface area contributed by atoms with E-state index in [4.69, 9.17) is 16.3 Å². The maximum Gasteiger partial charge on any atom is 0.190 e. The van der Waals surface area contributed by atoms with Crippen molar-refractivity contribution >= 4 is 17.6 Å². The van der Waals surface area contributed by atoms with E-state index < -0.39 is 0 Å². The molecule has 2 N–H and O–H groups in total. The third-order valence-corrected chi connectivity index (χ3v) is 5.46. The highest BCUT2D eigenvalue weighted by atomic mass is 35.5. The summed E-state index contributed by atoms with van der Waals surface area (Å²) in [6.45, 7) is 4.28. The summed E-state index contributed by atoms with van der Waals surface area (Å²) in [5, 5.41) is 7.59. The third kappa shape index (κ3) is 5.25. The van der Waals surface area contributed by atoms with E-state index in [2.05, 4.69) is 20.5 Å². The molecule has 0 radical (unpaired) electrons. The van der Waals surface area contributed by atoms with Gasteiger partial charge in [0.25, 0.3) is 0 Å². The second-order valence-electron chi connectivity index (χ2n) is 6.97. The van der Waals surface area contributed by atoms with Crippen LogP contribution in [0, 0.1) is 5.92 Å². The molecule has 0 amide bonds. The number of methoxy groups -OCH3 is 1. The van der Waals surface area contributed by atoms with Crippen molar-refractivity contribution in [3.8, 4) is 5.75 Å². The predicted molar refractivity (Wildman–Crippen MR) is 104 cm³/mol. The molecule has 6 heteroatoms. The summed E-state index contributed by atoms with van der Waals surface area (Å²) in [7, 11) is 3.47. The largest absolute Gasteiger partial charge is 0.497 e. The Balaban J connectivity index is 1.37.